The summed E-state index contributed by atoms with van der Waals surface area (Å²) in [6.45, 7) is 9.71. The van der Waals surface area contributed by atoms with Crippen LogP contribution in [0.5, 0.6) is 0 Å². The standard InChI is InChI=1S/C11H16O.C2H6/c1-9(11(2,3)12)10-7-5-4-6-8-10;1-2/h4-9,12H,1-3H3;1-2H3. The lowest BCUT2D eigenvalue weighted by Gasteiger charge is -2.26. The van der Waals surface area contributed by atoms with Gasteiger partial charge < -0.3 is 5.11 Å². The minimum atomic E-state index is -0.638. The summed E-state index contributed by atoms with van der Waals surface area (Å²) in [6, 6.07) is 10.1. The van der Waals surface area contributed by atoms with Crippen LogP contribution in [-0.4, -0.2) is 10.7 Å². The molecule has 0 saturated heterocycles. The van der Waals surface area contributed by atoms with Gasteiger partial charge in [-0.1, -0.05) is 51.1 Å². The van der Waals surface area contributed by atoms with Gasteiger partial charge in [0.2, 0.25) is 0 Å². The third-order valence-corrected chi connectivity index (χ3v) is 2.36. The summed E-state index contributed by atoms with van der Waals surface area (Å²) < 4.78 is 0. The first kappa shape index (κ1) is 13.2. The van der Waals surface area contributed by atoms with E-state index in [4.69, 9.17) is 0 Å². The van der Waals surface area contributed by atoms with Gasteiger partial charge in [0.25, 0.3) is 0 Å². The minimum Gasteiger partial charge on any atom is -0.390 e. The maximum absolute atomic E-state index is 9.74. The summed E-state index contributed by atoms with van der Waals surface area (Å²) in [4.78, 5) is 0. The lowest BCUT2D eigenvalue weighted by Crippen LogP contribution is -2.26. The summed E-state index contributed by atoms with van der Waals surface area (Å²) in [5.41, 5.74) is 0.548. The molecule has 0 amide bonds. The second-order valence-corrected chi connectivity index (χ2v) is 3.79. The molecule has 1 aromatic rings. The molecule has 0 saturated carbocycles. The summed E-state index contributed by atoms with van der Waals surface area (Å²) in [7, 11) is 0. The van der Waals surface area contributed by atoms with Crippen LogP contribution in [0.25, 0.3) is 0 Å². The van der Waals surface area contributed by atoms with E-state index in [0.29, 0.717) is 0 Å². The number of rotatable bonds is 2. The van der Waals surface area contributed by atoms with Gasteiger partial charge in [-0.15, -0.1) is 0 Å². The molecular weight excluding hydrogens is 172 g/mol. The Bertz CT molecular complexity index is 233. The highest BCUT2D eigenvalue weighted by atomic mass is 16.3. The van der Waals surface area contributed by atoms with Crippen LogP contribution in [0.4, 0.5) is 0 Å². The summed E-state index contributed by atoms with van der Waals surface area (Å²) in [5, 5.41) is 9.74. The zero-order chi connectivity index (χ0) is 11.2. The van der Waals surface area contributed by atoms with Crippen molar-refractivity contribution in [2.45, 2.75) is 46.1 Å². The Kier molecular flexibility index (Phi) is 5.47. The molecule has 1 atom stereocenters. The van der Waals surface area contributed by atoms with Crippen LogP contribution >= 0.6 is 0 Å². The van der Waals surface area contributed by atoms with Crippen molar-refractivity contribution in [3.8, 4) is 0 Å². The fourth-order valence-corrected chi connectivity index (χ4v) is 1.15. The summed E-state index contributed by atoms with van der Waals surface area (Å²) in [6.07, 6.45) is 0. The van der Waals surface area contributed by atoms with E-state index in [9.17, 15) is 5.11 Å². The Balaban J connectivity index is 0.000000791. The molecule has 0 fully saturated rings. The maximum atomic E-state index is 9.74. The third-order valence-electron chi connectivity index (χ3n) is 2.36. The molecule has 1 unspecified atom stereocenters. The molecule has 1 aromatic carbocycles. The van der Waals surface area contributed by atoms with Gasteiger partial charge in [0.15, 0.2) is 0 Å². The van der Waals surface area contributed by atoms with Gasteiger partial charge >= 0.3 is 0 Å². The molecule has 0 spiro atoms. The van der Waals surface area contributed by atoms with Crippen molar-refractivity contribution in [3.05, 3.63) is 35.9 Å². The molecule has 0 heterocycles. The quantitative estimate of drug-likeness (QED) is 0.763. The lowest BCUT2D eigenvalue weighted by atomic mass is 9.87. The van der Waals surface area contributed by atoms with Gasteiger partial charge in [-0.05, 0) is 19.4 Å². The highest BCUT2D eigenvalue weighted by molar-refractivity contribution is 5.21. The van der Waals surface area contributed by atoms with Crippen LogP contribution in [0.3, 0.4) is 0 Å². The SMILES string of the molecule is CC.CC(c1ccccc1)C(C)(C)O. The van der Waals surface area contributed by atoms with Crippen LogP contribution in [0.2, 0.25) is 0 Å². The van der Waals surface area contributed by atoms with Crippen molar-refractivity contribution in [1.82, 2.24) is 0 Å². The van der Waals surface area contributed by atoms with Gasteiger partial charge in [0.1, 0.15) is 0 Å². The second-order valence-electron chi connectivity index (χ2n) is 3.79. The Labute approximate surface area is 87.8 Å². The van der Waals surface area contributed by atoms with Crippen LogP contribution in [0, 0.1) is 0 Å². The highest BCUT2D eigenvalue weighted by Gasteiger charge is 2.23. The van der Waals surface area contributed by atoms with Crippen molar-refractivity contribution in [3.63, 3.8) is 0 Å². The molecule has 0 aliphatic carbocycles. The number of hydrogen-bond acceptors (Lipinski definition) is 1. The second kappa shape index (κ2) is 5.82. The average Bonchev–Trinajstić information content (AvgIpc) is 2.20. The van der Waals surface area contributed by atoms with Crippen molar-refractivity contribution in [1.29, 1.82) is 0 Å². The van der Waals surface area contributed by atoms with Crippen molar-refractivity contribution >= 4 is 0 Å². The topological polar surface area (TPSA) is 20.2 Å². The zero-order valence-electron chi connectivity index (χ0n) is 9.91. The van der Waals surface area contributed by atoms with E-state index in [1.807, 2.05) is 65.0 Å². The largest absolute Gasteiger partial charge is 0.390 e. The normalized spacial score (nSPS) is 12.7. The first-order valence-corrected chi connectivity index (χ1v) is 5.29. The number of hydrogen-bond donors (Lipinski definition) is 1. The van der Waals surface area contributed by atoms with E-state index in [1.54, 1.807) is 0 Å². The molecule has 1 N–H and O–H groups in total. The molecule has 80 valence electrons. The molecular formula is C13H22O. The lowest BCUT2D eigenvalue weighted by molar-refractivity contribution is 0.0559. The monoisotopic (exact) mass is 194 g/mol. The predicted molar refractivity (Wildman–Crippen MR) is 62.5 cm³/mol. The molecule has 14 heavy (non-hydrogen) atoms. The first-order valence-electron chi connectivity index (χ1n) is 5.29. The fraction of sp³-hybridized carbons (Fsp3) is 0.538. The van der Waals surface area contributed by atoms with Gasteiger partial charge in [-0.3, -0.25) is 0 Å². The Morgan fingerprint density at radius 3 is 1.86 bits per heavy atom. The van der Waals surface area contributed by atoms with Crippen molar-refractivity contribution in [2.24, 2.45) is 0 Å². The summed E-state index contributed by atoms with van der Waals surface area (Å²) in [5.74, 6) is 0.179. The minimum absolute atomic E-state index is 0.179. The molecule has 1 heteroatoms. The summed E-state index contributed by atoms with van der Waals surface area (Å²) >= 11 is 0. The van der Waals surface area contributed by atoms with Gasteiger partial charge in [0, 0.05) is 5.92 Å². The van der Waals surface area contributed by atoms with Crippen LogP contribution in [-0.2, 0) is 0 Å². The zero-order valence-corrected chi connectivity index (χ0v) is 9.91. The van der Waals surface area contributed by atoms with E-state index < -0.39 is 5.60 Å². The van der Waals surface area contributed by atoms with Crippen LogP contribution in [0.15, 0.2) is 30.3 Å². The van der Waals surface area contributed by atoms with E-state index in [0.717, 1.165) is 0 Å². The fourth-order valence-electron chi connectivity index (χ4n) is 1.15. The smallest absolute Gasteiger partial charge is 0.0657 e. The molecule has 1 nitrogen and oxygen atoms in total. The molecule has 0 aromatic heterocycles. The molecule has 0 radical (unpaired) electrons. The van der Waals surface area contributed by atoms with Gasteiger partial charge in [0.05, 0.1) is 5.60 Å². The van der Waals surface area contributed by atoms with Gasteiger partial charge in [-0.2, -0.15) is 0 Å². The van der Waals surface area contributed by atoms with Crippen LogP contribution in [0.1, 0.15) is 46.1 Å². The maximum Gasteiger partial charge on any atom is 0.0657 e. The molecule has 0 bridgehead atoms. The molecule has 1 rings (SSSR count). The highest BCUT2D eigenvalue weighted by Crippen LogP contribution is 2.26. The van der Waals surface area contributed by atoms with E-state index in [-0.39, 0.29) is 5.92 Å². The first-order chi connectivity index (χ1) is 6.52. The van der Waals surface area contributed by atoms with E-state index in [2.05, 4.69) is 0 Å². The average molecular weight is 194 g/mol. The molecule has 0 aliphatic heterocycles. The molecule has 0 aliphatic rings. The Morgan fingerprint density at radius 2 is 1.50 bits per heavy atom. The van der Waals surface area contributed by atoms with E-state index in [1.165, 1.54) is 5.56 Å². The van der Waals surface area contributed by atoms with Crippen molar-refractivity contribution < 1.29 is 5.11 Å². The van der Waals surface area contributed by atoms with Crippen molar-refractivity contribution in [2.75, 3.05) is 0 Å². The van der Waals surface area contributed by atoms with Crippen LogP contribution < -0.4 is 0 Å². The predicted octanol–water partition coefficient (Wildman–Crippen LogP) is 3.59. The number of aliphatic hydroxyl groups is 1. The number of benzene rings is 1. The Hall–Kier alpha value is -0.820. The Morgan fingerprint density at radius 1 is 1.07 bits per heavy atom. The van der Waals surface area contributed by atoms with E-state index >= 15 is 0 Å². The third kappa shape index (κ3) is 3.93. The van der Waals surface area contributed by atoms with Gasteiger partial charge in [-0.25, -0.2) is 0 Å².